The summed E-state index contributed by atoms with van der Waals surface area (Å²) in [5.74, 6) is -2.60. The summed E-state index contributed by atoms with van der Waals surface area (Å²) in [5.41, 5.74) is 1.43. The molecule has 3 aliphatic heterocycles. The van der Waals surface area contributed by atoms with Gasteiger partial charge in [-0.25, -0.2) is 23.0 Å². The van der Waals surface area contributed by atoms with Crippen LogP contribution in [0.25, 0.3) is 0 Å². The number of hydrogen-bond donors (Lipinski definition) is 3. The zero-order chi connectivity index (χ0) is 43.8. The Balaban J connectivity index is 1.21. The van der Waals surface area contributed by atoms with Crippen LogP contribution in [0.4, 0.5) is 4.79 Å². The summed E-state index contributed by atoms with van der Waals surface area (Å²) in [5, 5.41) is 21.2. The van der Waals surface area contributed by atoms with E-state index in [1.54, 1.807) is 24.3 Å². The lowest BCUT2D eigenvalue weighted by Crippen LogP contribution is -2.55. The van der Waals surface area contributed by atoms with Gasteiger partial charge in [0.1, 0.15) is 25.1 Å². The number of thiophene rings is 1. The molecule has 3 aliphatic rings. The van der Waals surface area contributed by atoms with E-state index in [2.05, 4.69) is 15.6 Å². The summed E-state index contributed by atoms with van der Waals surface area (Å²) in [7, 11) is -4.36. The van der Waals surface area contributed by atoms with Gasteiger partial charge in [0.25, 0.3) is 0 Å². The summed E-state index contributed by atoms with van der Waals surface area (Å²) in [6.07, 6.45) is -3.19. The first-order chi connectivity index (χ1) is 29.8. The highest BCUT2D eigenvalue weighted by Gasteiger charge is 2.45. The molecule has 0 spiro atoms. The highest BCUT2D eigenvalue weighted by molar-refractivity contribution is 7.89. The van der Waals surface area contributed by atoms with E-state index in [9.17, 15) is 27.9 Å². The Morgan fingerprint density at radius 2 is 1.84 bits per heavy atom. The van der Waals surface area contributed by atoms with E-state index in [0.29, 0.717) is 30.1 Å². The maximum absolute atomic E-state index is 14.6. The molecule has 2 aromatic heterocycles. The van der Waals surface area contributed by atoms with Gasteiger partial charge in [0, 0.05) is 41.4 Å². The van der Waals surface area contributed by atoms with Gasteiger partial charge < -0.3 is 48.9 Å². The molecule has 2 amide bonds. The third kappa shape index (κ3) is 11.6. The van der Waals surface area contributed by atoms with Crippen molar-refractivity contribution in [1.82, 2.24) is 19.9 Å². The number of carbonyl (C=O) groups excluding carboxylic acids is 2. The molecule has 2 aromatic carbocycles. The summed E-state index contributed by atoms with van der Waals surface area (Å²) >= 11 is 2.96. The van der Waals surface area contributed by atoms with Crippen LogP contribution >= 0.6 is 22.7 Å². The smallest absolute Gasteiger partial charge is 0.407 e. The van der Waals surface area contributed by atoms with Gasteiger partial charge in [0.05, 0.1) is 41.3 Å². The fourth-order valence-electron chi connectivity index (χ4n) is 7.51. The maximum Gasteiger partial charge on any atom is 0.407 e. The first kappa shape index (κ1) is 45.2. The number of amides is 2. The Morgan fingerprint density at radius 1 is 1.03 bits per heavy atom. The second-order valence-corrected chi connectivity index (χ2v) is 19.6. The van der Waals surface area contributed by atoms with Crippen molar-refractivity contribution in [1.29, 1.82) is 0 Å². The third-order valence-corrected chi connectivity index (χ3v) is 14.1. The zero-order valence-electron chi connectivity index (χ0n) is 34.4. The zero-order valence-corrected chi connectivity index (χ0v) is 36.9. The van der Waals surface area contributed by atoms with Crippen LogP contribution in [-0.2, 0) is 58.1 Å². The minimum Gasteiger partial charge on any atom is -0.487 e. The Morgan fingerprint density at radius 3 is 2.56 bits per heavy atom. The number of carboxylic acids is 1. The Labute approximate surface area is 367 Å². The Kier molecular flexibility index (Phi) is 15.0. The quantitative estimate of drug-likeness (QED) is 0.101. The number of aryl methyl sites for hydroxylation is 1. The summed E-state index contributed by atoms with van der Waals surface area (Å²) < 4.78 is 70.4. The molecule has 1 unspecified atom stereocenters. The van der Waals surface area contributed by atoms with Crippen LogP contribution in [-0.4, -0.2) is 105 Å². The van der Waals surface area contributed by atoms with Crippen LogP contribution < -0.4 is 24.8 Å². The Hall–Kier alpha value is -4.83. The summed E-state index contributed by atoms with van der Waals surface area (Å²) in [4.78, 5) is 45.7. The van der Waals surface area contributed by atoms with Crippen molar-refractivity contribution < 1.29 is 61.1 Å². The van der Waals surface area contributed by atoms with Gasteiger partial charge in [-0.2, -0.15) is 4.31 Å². The van der Waals surface area contributed by atoms with Crippen molar-refractivity contribution in [3.63, 3.8) is 0 Å². The maximum atomic E-state index is 14.6. The van der Waals surface area contributed by atoms with Crippen LogP contribution in [0.1, 0.15) is 41.4 Å². The van der Waals surface area contributed by atoms with E-state index < -0.39 is 71.6 Å². The van der Waals surface area contributed by atoms with Crippen molar-refractivity contribution >= 4 is 50.7 Å². The predicted octanol–water partition coefficient (Wildman–Crippen LogP) is 4.97. The monoisotopic (exact) mass is 914 g/mol. The highest BCUT2D eigenvalue weighted by atomic mass is 32.2. The molecule has 0 aliphatic carbocycles. The van der Waals surface area contributed by atoms with Crippen LogP contribution in [0.2, 0.25) is 0 Å². The molecule has 20 heteroatoms. The van der Waals surface area contributed by atoms with Crippen molar-refractivity contribution in [2.75, 3.05) is 39.7 Å². The van der Waals surface area contributed by atoms with Crippen LogP contribution in [0.5, 0.6) is 17.2 Å². The number of aliphatic carboxylic acids is 1. The second-order valence-electron chi connectivity index (χ2n) is 15.5. The van der Waals surface area contributed by atoms with E-state index in [0.717, 1.165) is 15.6 Å². The number of fused-ring (bicyclic) bond motifs is 2. The number of nitrogens with zero attached hydrogens (tertiary/aromatic N) is 2. The number of alkyl carbamates (subject to hydrolysis) is 1. The fraction of sp³-hybridized carbons (Fsp3) is 0.476. The van der Waals surface area contributed by atoms with E-state index in [1.807, 2.05) is 43.7 Å². The normalized spacial score (nSPS) is 19.5. The number of aromatic nitrogens is 1. The Bertz CT molecular complexity index is 2250. The van der Waals surface area contributed by atoms with Crippen molar-refractivity contribution in [2.24, 2.45) is 17.8 Å². The van der Waals surface area contributed by atoms with Crippen LogP contribution in [0.3, 0.4) is 0 Å². The van der Waals surface area contributed by atoms with Gasteiger partial charge in [0.15, 0.2) is 23.9 Å². The summed E-state index contributed by atoms with van der Waals surface area (Å²) in [6.45, 7) is 5.36. The number of rotatable bonds is 21. The molecule has 17 nitrogen and oxygen atoms in total. The number of sulfonamides is 1. The average molecular weight is 915 g/mol. The molecule has 4 aromatic rings. The number of nitrogens with one attached hydrogen (secondary N) is 2. The molecule has 5 heterocycles. The van der Waals surface area contributed by atoms with E-state index >= 15 is 0 Å². The van der Waals surface area contributed by atoms with Gasteiger partial charge in [-0.3, -0.25) is 4.79 Å². The second kappa shape index (κ2) is 20.6. The molecule has 3 N–H and O–H groups in total. The number of thiazole rings is 1. The largest absolute Gasteiger partial charge is 0.487 e. The van der Waals surface area contributed by atoms with Crippen LogP contribution in [0.15, 0.2) is 70.3 Å². The average Bonchev–Trinajstić information content (AvgIpc) is 4.10. The predicted molar refractivity (Wildman–Crippen MR) is 226 cm³/mol. The van der Waals surface area contributed by atoms with Crippen molar-refractivity contribution in [2.45, 2.75) is 76.2 Å². The minimum absolute atomic E-state index is 0.00103. The molecule has 2 fully saturated rings. The van der Waals surface area contributed by atoms with Crippen molar-refractivity contribution in [3.05, 3.63) is 86.5 Å². The lowest BCUT2D eigenvalue weighted by molar-refractivity contribution is -0.157. The number of benzene rings is 2. The highest BCUT2D eigenvalue weighted by Crippen LogP contribution is 2.36. The number of carboxylic acid groups (broad SMARTS) is 1. The van der Waals surface area contributed by atoms with Gasteiger partial charge in [-0.15, -0.1) is 22.7 Å². The molecule has 0 saturated carbocycles. The molecule has 6 atom stereocenters. The van der Waals surface area contributed by atoms with Crippen LogP contribution in [0, 0.1) is 24.7 Å². The van der Waals surface area contributed by atoms with E-state index in [-0.39, 0.29) is 62.0 Å². The third-order valence-electron chi connectivity index (χ3n) is 10.5. The molecular formula is C42H50N4O13S3. The number of hydrogen-bond acceptors (Lipinski definition) is 15. The van der Waals surface area contributed by atoms with Crippen molar-refractivity contribution in [3.8, 4) is 17.2 Å². The molecule has 334 valence electrons. The van der Waals surface area contributed by atoms with Gasteiger partial charge in [0.2, 0.25) is 22.7 Å². The minimum atomic E-state index is -4.36. The first-order valence-electron chi connectivity index (χ1n) is 20.2. The van der Waals surface area contributed by atoms with Gasteiger partial charge in [-0.1, -0.05) is 32.0 Å². The standard InChI is InChI=1S/C42H50N4O13S3/c1-25(2)18-46(62(51,52)31-10-11-35-36(16-31)58-24-57-35)19-33(39(40(48)49)55-22-38(47)43-17-30-5-4-14-60-30)34(45-42(50)59-37-21-56-41-32(37)12-13-53-41)15-27-6-8-29(9-7-27)54-20-28-23-61-26(3)44-28/h4-11,14,16,23,25,32-34,37,39,41H,12-13,15,17-22,24H2,1-3H3,(H,43,47)(H,45,50)(H,48,49)/t32-,33+,34-,37-,39?,41+/m0/s1. The SMILES string of the molecule is Cc1nc(COc2ccc(C[C@H](NC(=O)O[C@H]3CO[C@H]4OCC[C@H]43)[C@@H](CN(CC(C)C)S(=O)(=O)c3ccc4c(c3)OCO4)C(OCC(=O)NCc3cccs3)C(=O)O)cc2)cs1. The first-order valence-corrected chi connectivity index (χ1v) is 23.4. The molecule has 0 radical (unpaired) electrons. The van der Waals surface area contributed by atoms with Gasteiger partial charge in [-0.05, 0) is 67.0 Å². The lowest BCUT2D eigenvalue weighted by atomic mass is 9.88. The molecule has 2 saturated heterocycles. The van der Waals surface area contributed by atoms with Gasteiger partial charge >= 0.3 is 12.1 Å². The molecule has 0 bridgehead atoms. The van der Waals surface area contributed by atoms with E-state index in [1.165, 1.54) is 45.2 Å². The summed E-state index contributed by atoms with van der Waals surface area (Å²) in [6, 6.07) is 13.8. The topological polar surface area (TPSA) is 210 Å². The molecular weight excluding hydrogens is 865 g/mol. The fourth-order valence-corrected chi connectivity index (χ4v) is 10.4. The molecule has 7 rings (SSSR count). The number of ether oxygens (including phenoxy) is 7. The molecule has 62 heavy (non-hydrogen) atoms. The van der Waals surface area contributed by atoms with E-state index in [4.69, 9.17) is 33.2 Å². The number of carbonyl (C=O) groups is 3. The lowest BCUT2D eigenvalue weighted by Gasteiger charge is -2.36.